The van der Waals surface area contributed by atoms with Crippen molar-refractivity contribution in [2.75, 3.05) is 20.1 Å². The molecular formula is C17H24N4. The minimum Gasteiger partial charge on any atom is -0.315 e. The third-order valence-electron chi connectivity index (χ3n) is 4.56. The molecule has 2 heterocycles. The van der Waals surface area contributed by atoms with Crippen molar-refractivity contribution >= 4 is 0 Å². The van der Waals surface area contributed by atoms with Crippen LogP contribution in [0.15, 0.2) is 42.7 Å². The highest BCUT2D eigenvalue weighted by Gasteiger charge is 2.23. The normalized spacial score (nSPS) is 20.6. The Kier molecular flexibility index (Phi) is 4.36. The number of likely N-dealkylation sites (N-methyl/N-ethyl adjacent to an activating group) is 1. The standard InChI is InChI=1S/C17H24N4/c1-14(20(2)17-9-6-10-18-12-17)15-11-19-21(13-15)16-7-4-3-5-8-16/h3-5,7-8,11,13-14,17-18H,6,9-10,12H2,1-2H3. The van der Waals surface area contributed by atoms with Crippen LogP contribution in [0.2, 0.25) is 0 Å². The molecule has 0 aliphatic carbocycles. The summed E-state index contributed by atoms with van der Waals surface area (Å²) in [7, 11) is 2.22. The Labute approximate surface area is 126 Å². The maximum Gasteiger partial charge on any atom is 0.0645 e. The summed E-state index contributed by atoms with van der Waals surface area (Å²) in [5.74, 6) is 0. The lowest BCUT2D eigenvalue weighted by Gasteiger charge is -2.35. The van der Waals surface area contributed by atoms with Gasteiger partial charge in [0, 0.05) is 30.4 Å². The molecule has 0 bridgehead atoms. The number of nitrogens with zero attached hydrogens (tertiary/aromatic N) is 3. The van der Waals surface area contributed by atoms with Crippen molar-refractivity contribution in [2.45, 2.75) is 31.8 Å². The van der Waals surface area contributed by atoms with E-state index in [9.17, 15) is 0 Å². The second-order valence-electron chi connectivity index (χ2n) is 5.90. The number of benzene rings is 1. The van der Waals surface area contributed by atoms with E-state index in [0.717, 1.165) is 18.8 Å². The fraction of sp³-hybridized carbons (Fsp3) is 0.471. The van der Waals surface area contributed by atoms with Gasteiger partial charge in [0.05, 0.1) is 11.9 Å². The zero-order valence-corrected chi connectivity index (χ0v) is 12.9. The highest BCUT2D eigenvalue weighted by molar-refractivity contribution is 5.31. The first kappa shape index (κ1) is 14.3. The number of hydrogen-bond acceptors (Lipinski definition) is 3. The van der Waals surface area contributed by atoms with Gasteiger partial charge in [-0.25, -0.2) is 4.68 Å². The van der Waals surface area contributed by atoms with Crippen molar-refractivity contribution < 1.29 is 0 Å². The van der Waals surface area contributed by atoms with Gasteiger partial charge in [-0.3, -0.25) is 4.90 Å². The molecule has 112 valence electrons. The van der Waals surface area contributed by atoms with Crippen molar-refractivity contribution in [3.05, 3.63) is 48.3 Å². The van der Waals surface area contributed by atoms with Crippen LogP contribution in [0.25, 0.3) is 5.69 Å². The van der Waals surface area contributed by atoms with Gasteiger partial charge < -0.3 is 5.32 Å². The third kappa shape index (κ3) is 3.17. The zero-order chi connectivity index (χ0) is 14.7. The summed E-state index contributed by atoms with van der Waals surface area (Å²) in [5.41, 5.74) is 2.38. The summed E-state index contributed by atoms with van der Waals surface area (Å²) in [4.78, 5) is 2.47. The maximum atomic E-state index is 4.51. The Bertz CT molecular complexity index is 557. The molecule has 1 aromatic heterocycles. The fourth-order valence-electron chi connectivity index (χ4n) is 3.01. The Morgan fingerprint density at radius 1 is 1.33 bits per heavy atom. The Morgan fingerprint density at radius 3 is 2.86 bits per heavy atom. The highest BCUT2D eigenvalue weighted by Crippen LogP contribution is 2.23. The van der Waals surface area contributed by atoms with Gasteiger partial charge in [0.1, 0.15) is 0 Å². The van der Waals surface area contributed by atoms with E-state index in [4.69, 9.17) is 0 Å². The summed E-state index contributed by atoms with van der Waals surface area (Å²) >= 11 is 0. The molecule has 21 heavy (non-hydrogen) atoms. The summed E-state index contributed by atoms with van der Waals surface area (Å²) in [6.45, 7) is 4.51. The lowest BCUT2D eigenvalue weighted by molar-refractivity contribution is 0.156. The molecule has 4 heteroatoms. The minimum absolute atomic E-state index is 0.382. The van der Waals surface area contributed by atoms with Crippen LogP contribution >= 0.6 is 0 Å². The molecule has 0 spiro atoms. The maximum absolute atomic E-state index is 4.51. The van der Waals surface area contributed by atoms with Gasteiger partial charge in [-0.15, -0.1) is 0 Å². The largest absolute Gasteiger partial charge is 0.315 e. The number of piperidine rings is 1. The van der Waals surface area contributed by atoms with E-state index >= 15 is 0 Å². The van der Waals surface area contributed by atoms with Crippen LogP contribution in [0.5, 0.6) is 0 Å². The zero-order valence-electron chi connectivity index (χ0n) is 12.9. The van der Waals surface area contributed by atoms with Gasteiger partial charge >= 0.3 is 0 Å². The molecule has 1 saturated heterocycles. The van der Waals surface area contributed by atoms with Crippen LogP contribution in [-0.2, 0) is 0 Å². The molecule has 2 atom stereocenters. The van der Waals surface area contributed by atoms with Crippen LogP contribution in [0.4, 0.5) is 0 Å². The lowest BCUT2D eigenvalue weighted by atomic mass is 10.0. The predicted molar refractivity (Wildman–Crippen MR) is 85.6 cm³/mol. The first-order chi connectivity index (χ1) is 10.3. The number of nitrogens with one attached hydrogen (secondary N) is 1. The first-order valence-electron chi connectivity index (χ1n) is 7.78. The van der Waals surface area contributed by atoms with Crippen molar-refractivity contribution in [3.8, 4) is 5.69 Å². The fourth-order valence-corrected chi connectivity index (χ4v) is 3.01. The molecule has 2 unspecified atom stereocenters. The van der Waals surface area contributed by atoms with E-state index in [2.05, 4.69) is 47.6 Å². The average Bonchev–Trinajstić information content (AvgIpc) is 3.05. The summed E-state index contributed by atoms with van der Waals surface area (Å²) in [5, 5.41) is 8.00. The SMILES string of the molecule is CC(c1cnn(-c2ccccc2)c1)N(C)C1CCCNC1. The smallest absolute Gasteiger partial charge is 0.0645 e. The molecular weight excluding hydrogens is 260 g/mol. The van der Waals surface area contributed by atoms with Crippen molar-refractivity contribution in [1.82, 2.24) is 20.0 Å². The molecule has 0 radical (unpaired) electrons. The lowest BCUT2D eigenvalue weighted by Crippen LogP contribution is -2.44. The van der Waals surface area contributed by atoms with Crippen molar-refractivity contribution in [3.63, 3.8) is 0 Å². The van der Waals surface area contributed by atoms with E-state index in [1.807, 2.05) is 29.1 Å². The van der Waals surface area contributed by atoms with Crippen LogP contribution in [-0.4, -0.2) is 40.9 Å². The molecule has 4 nitrogen and oxygen atoms in total. The number of hydrogen-bond donors (Lipinski definition) is 1. The predicted octanol–water partition coefficient (Wildman–Crippen LogP) is 2.62. The molecule has 1 aromatic carbocycles. The van der Waals surface area contributed by atoms with E-state index in [-0.39, 0.29) is 0 Å². The van der Waals surface area contributed by atoms with E-state index < -0.39 is 0 Å². The molecule has 1 fully saturated rings. The molecule has 1 aliphatic heterocycles. The summed E-state index contributed by atoms with van der Waals surface area (Å²) in [6.07, 6.45) is 6.68. The number of para-hydroxylation sites is 1. The van der Waals surface area contributed by atoms with Gasteiger partial charge in [-0.05, 0) is 45.5 Å². The molecule has 0 amide bonds. The Hall–Kier alpha value is -1.65. The second kappa shape index (κ2) is 6.41. The van der Waals surface area contributed by atoms with Crippen LogP contribution in [0.1, 0.15) is 31.4 Å². The van der Waals surface area contributed by atoms with Gasteiger partial charge in [-0.2, -0.15) is 5.10 Å². The second-order valence-corrected chi connectivity index (χ2v) is 5.90. The monoisotopic (exact) mass is 284 g/mol. The summed E-state index contributed by atoms with van der Waals surface area (Å²) in [6, 6.07) is 11.3. The summed E-state index contributed by atoms with van der Waals surface area (Å²) < 4.78 is 1.96. The van der Waals surface area contributed by atoms with Gasteiger partial charge in [0.2, 0.25) is 0 Å². The third-order valence-corrected chi connectivity index (χ3v) is 4.56. The van der Waals surface area contributed by atoms with E-state index in [0.29, 0.717) is 12.1 Å². The van der Waals surface area contributed by atoms with Crippen LogP contribution in [0, 0.1) is 0 Å². The Morgan fingerprint density at radius 2 is 2.14 bits per heavy atom. The minimum atomic E-state index is 0.382. The number of aromatic nitrogens is 2. The number of rotatable bonds is 4. The van der Waals surface area contributed by atoms with Gasteiger partial charge in [-0.1, -0.05) is 18.2 Å². The molecule has 0 saturated carbocycles. The van der Waals surface area contributed by atoms with Gasteiger partial charge in [0.15, 0.2) is 0 Å². The van der Waals surface area contributed by atoms with E-state index in [1.165, 1.54) is 18.4 Å². The highest BCUT2D eigenvalue weighted by atomic mass is 15.3. The van der Waals surface area contributed by atoms with Crippen molar-refractivity contribution in [2.24, 2.45) is 0 Å². The quantitative estimate of drug-likeness (QED) is 0.937. The molecule has 1 N–H and O–H groups in total. The topological polar surface area (TPSA) is 33.1 Å². The Balaban J connectivity index is 1.73. The van der Waals surface area contributed by atoms with Crippen LogP contribution < -0.4 is 5.32 Å². The molecule has 1 aliphatic rings. The van der Waals surface area contributed by atoms with E-state index in [1.54, 1.807) is 0 Å². The molecule has 2 aromatic rings. The van der Waals surface area contributed by atoms with Gasteiger partial charge in [0.25, 0.3) is 0 Å². The molecule has 3 rings (SSSR count). The van der Waals surface area contributed by atoms with Crippen molar-refractivity contribution in [1.29, 1.82) is 0 Å². The van der Waals surface area contributed by atoms with Crippen LogP contribution in [0.3, 0.4) is 0 Å². The first-order valence-corrected chi connectivity index (χ1v) is 7.78. The average molecular weight is 284 g/mol.